The zero-order valence-corrected chi connectivity index (χ0v) is 10.1. The molecule has 0 aromatic carbocycles. The molecule has 15 heavy (non-hydrogen) atoms. The summed E-state index contributed by atoms with van der Waals surface area (Å²) in [4.78, 5) is 22.5. The van der Waals surface area contributed by atoms with Gasteiger partial charge < -0.3 is 10.6 Å². The first-order chi connectivity index (χ1) is 6.70. The summed E-state index contributed by atoms with van der Waals surface area (Å²) in [5.41, 5.74) is 0.641. The van der Waals surface area contributed by atoms with E-state index in [2.05, 4.69) is 10.6 Å². The van der Waals surface area contributed by atoms with E-state index < -0.39 is 0 Å². The second-order valence-corrected chi connectivity index (χ2v) is 4.74. The van der Waals surface area contributed by atoms with Crippen molar-refractivity contribution in [1.29, 1.82) is 0 Å². The average molecular weight is 212 g/mol. The molecule has 2 N–H and O–H groups in total. The Morgan fingerprint density at radius 2 is 1.73 bits per heavy atom. The van der Waals surface area contributed by atoms with Gasteiger partial charge in [0, 0.05) is 11.6 Å². The fraction of sp³-hybridized carbons (Fsp3) is 0.636. The van der Waals surface area contributed by atoms with Crippen LogP contribution in [0.2, 0.25) is 0 Å². The molecule has 0 aliphatic heterocycles. The smallest absolute Gasteiger partial charge is 0.244 e. The lowest BCUT2D eigenvalue weighted by Gasteiger charge is -2.20. The summed E-state index contributed by atoms with van der Waals surface area (Å²) in [6.45, 7) is 9.35. The van der Waals surface area contributed by atoms with E-state index in [-0.39, 0.29) is 23.9 Å². The predicted molar refractivity (Wildman–Crippen MR) is 60.3 cm³/mol. The van der Waals surface area contributed by atoms with Gasteiger partial charge in [0.15, 0.2) is 0 Å². The molecule has 0 saturated heterocycles. The molecule has 0 rings (SSSR count). The van der Waals surface area contributed by atoms with Crippen molar-refractivity contribution in [2.45, 2.75) is 40.2 Å². The zero-order valence-electron chi connectivity index (χ0n) is 10.1. The normalized spacial score (nSPS) is 10.5. The van der Waals surface area contributed by atoms with E-state index in [1.54, 1.807) is 0 Å². The number of carbonyl (C=O) groups excluding carboxylic acids is 2. The van der Waals surface area contributed by atoms with E-state index in [0.717, 1.165) is 5.57 Å². The third-order valence-corrected chi connectivity index (χ3v) is 1.36. The van der Waals surface area contributed by atoms with Gasteiger partial charge in [-0.05, 0) is 34.6 Å². The maximum Gasteiger partial charge on any atom is 0.244 e. The van der Waals surface area contributed by atoms with Gasteiger partial charge in [-0.15, -0.1) is 0 Å². The summed E-state index contributed by atoms with van der Waals surface area (Å²) in [5.74, 6) is -0.419. The van der Waals surface area contributed by atoms with Crippen molar-refractivity contribution >= 4 is 11.8 Å². The first kappa shape index (κ1) is 13.7. The Morgan fingerprint density at radius 3 is 2.13 bits per heavy atom. The molecular weight excluding hydrogens is 192 g/mol. The van der Waals surface area contributed by atoms with Crippen molar-refractivity contribution in [2.75, 3.05) is 6.54 Å². The summed E-state index contributed by atoms with van der Waals surface area (Å²) in [6, 6.07) is 0. The molecule has 0 atom stereocenters. The summed E-state index contributed by atoms with van der Waals surface area (Å²) in [7, 11) is 0. The number of amides is 2. The monoisotopic (exact) mass is 212 g/mol. The molecule has 4 nitrogen and oxygen atoms in total. The Balaban J connectivity index is 3.92. The summed E-state index contributed by atoms with van der Waals surface area (Å²) in [6.07, 6.45) is 1.46. The summed E-state index contributed by atoms with van der Waals surface area (Å²) in [5, 5.41) is 5.26. The molecule has 0 bridgehead atoms. The first-order valence-electron chi connectivity index (χ1n) is 4.94. The van der Waals surface area contributed by atoms with Gasteiger partial charge in [-0.3, -0.25) is 9.59 Å². The molecule has 0 aliphatic rings. The van der Waals surface area contributed by atoms with Gasteiger partial charge in [-0.2, -0.15) is 0 Å². The highest BCUT2D eigenvalue weighted by Gasteiger charge is 2.13. The van der Waals surface area contributed by atoms with Crippen LogP contribution < -0.4 is 10.6 Å². The van der Waals surface area contributed by atoms with Crippen LogP contribution in [0.1, 0.15) is 34.6 Å². The van der Waals surface area contributed by atoms with Gasteiger partial charge in [-0.25, -0.2) is 0 Å². The largest absolute Gasteiger partial charge is 0.350 e. The van der Waals surface area contributed by atoms with Gasteiger partial charge in [0.2, 0.25) is 11.8 Å². The molecular formula is C11H20N2O2. The minimum Gasteiger partial charge on any atom is -0.350 e. The van der Waals surface area contributed by atoms with Crippen LogP contribution in [0.15, 0.2) is 11.6 Å². The molecule has 4 heteroatoms. The molecule has 0 spiro atoms. The van der Waals surface area contributed by atoms with Crippen LogP contribution in [0, 0.1) is 0 Å². The lowest BCUT2D eigenvalue weighted by Crippen LogP contribution is -2.45. The topological polar surface area (TPSA) is 58.2 Å². The SMILES string of the molecule is CC(C)=CC(=O)NCC(=O)NC(C)(C)C. The minimum absolute atomic E-state index is 0.0138. The van der Waals surface area contributed by atoms with Crippen LogP contribution in [0.25, 0.3) is 0 Å². The highest BCUT2D eigenvalue weighted by atomic mass is 16.2. The van der Waals surface area contributed by atoms with Crippen molar-refractivity contribution in [3.05, 3.63) is 11.6 Å². The molecule has 0 aromatic heterocycles. The summed E-state index contributed by atoms with van der Waals surface area (Å²) < 4.78 is 0. The highest BCUT2D eigenvalue weighted by molar-refractivity contribution is 5.91. The predicted octanol–water partition coefficient (Wildman–Crippen LogP) is 0.983. The Morgan fingerprint density at radius 1 is 1.20 bits per heavy atom. The van der Waals surface area contributed by atoms with Crippen LogP contribution in [0.3, 0.4) is 0 Å². The van der Waals surface area contributed by atoms with Gasteiger partial charge in [0.1, 0.15) is 0 Å². The van der Waals surface area contributed by atoms with Crippen LogP contribution in [0.4, 0.5) is 0 Å². The fourth-order valence-electron chi connectivity index (χ4n) is 0.943. The van der Waals surface area contributed by atoms with E-state index in [4.69, 9.17) is 0 Å². The average Bonchev–Trinajstić information content (AvgIpc) is 1.96. The van der Waals surface area contributed by atoms with Crippen molar-refractivity contribution < 1.29 is 9.59 Å². The quantitative estimate of drug-likeness (QED) is 0.685. The molecule has 0 heterocycles. The zero-order chi connectivity index (χ0) is 12.1. The maximum absolute atomic E-state index is 11.3. The molecule has 2 amide bonds. The number of allylic oxidation sites excluding steroid dienone is 1. The second kappa shape index (κ2) is 5.53. The Hall–Kier alpha value is -1.32. The second-order valence-electron chi connectivity index (χ2n) is 4.74. The van der Waals surface area contributed by atoms with E-state index in [0.29, 0.717) is 0 Å². The highest BCUT2D eigenvalue weighted by Crippen LogP contribution is 1.97. The van der Waals surface area contributed by atoms with Crippen LogP contribution in [-0.4, -0.2) is 23.9 Å². The molecule has 0 aromatic rings. The Bertz CT molecular complexity index is 271. The minimum atomic E-state index is -0.266. The molecule has 86 valence electrons. The van der Waals surface area contributed by atoms with Gasteiger partial charge in [0.25, 0.3) is 0 Å². The first-order valence-corrected chi connectivity index (χ1v) is 4.94. The fourth-order valence-corrected chi connectivity index (χ4v) is 0.943. The van der Waals surface area contributed by atoms with Crippen LogP contribution in [-0.2, 0) is 9.59 Å². The Kier molecular flexibility index (Phi) is 5.05. The van der Waals surface area contributed by atoms with Crippen molar-refractivity contribution in [1.82, 2.24) is 10.6 Å². The number of hydrogen-bond donors (Lipinski definition) is 2. The van der Waals surface area contributed by atoms with E-state index in [9.17, 15) is 9.59 Å². The van der Waals surface area contributed by atoms with Gasteiger partial charge >= 0.3 is 0 Å². The third-order valence-electron chi connectivity index (χ3n) is 1.36. The number of hydrogen-bond acceptors (Lipinski definition) is 2. The summed E-state index contributed by atoms with van der Waals surface area (Å²) >= 11 is 0. The molecule has 0 fully saturated rings. The van der Waals surface area contributed by atoms with Gasteiger partial charge in [-0.1, -0.05) is 5.57 Å². The van der Waals surface area contributed by atoms with E-state index in [1.807, 2.05) is 34.6 Å². The van der Waals surface area contributed by atoms with E-state index >= 15 is 0 Å². The van der Waals surface area contributed by atoms with E-state index in [1.165, 1.54) is 6.08 Å². The maximum atomic E-state index is 11.3. The molecule has 0 unspecified atom stereocenters. The molecule has 0 radical (unpaired) electrons. The lowest BCUT2D eigenvalue weighted by atomic mass is 10.1. The van der Waals surface area contributed by atoms with Gasteiger partial charge in [0.05, 0.1) is 6.54 Å². The third kappa shape index (κ3) is 9.00. The number of rotatable bonds is 3. The lowest BCUT2D eigenvalue weighted by molar-refractivity contribution is -0.125. The van der Waals surface area contributed by atoms with Crippen LogP contribution in [0.5, 0.6) is 0 Å². The van der Waals surface area contributed by atoms with Crippen molar-refractivity contribution in [2.24, 2.45) is 0 Å². The number of nitrogens with one attached hydrogen (secondary N) is 2. The standard InChI is InChI=1S/C11H20N2O2/c1-8(2)6-9(14)12-7-10(15)13-11(3,4)5/h6H,7H2,1-5H3,(H,12,14)(H,13,15). The van der Waals surface area contributed by atoms with Crippen molar-refractivity contribution in [3.8, 4) is 0 Å². The molecule has 0 saturated carbocycles. The molecule has 0 aliphatic carbocycles. The van der Waals surface area contributed by atoms with Crippen LogP contribution >= 0.6 is 0 Å². The Labute approximate surface area is 91.1 Å². The van der Waals surface area contributed by atoms with Crippen molar-refractivity contribution in [3.63, 3.8) is 0 Å². The number of carbonyl (C=O) groups is 2.